The third-order valence-electron chi connectivity index (χ3n) is 6.94. The van der Waals surface area contributed by atoms with E-state index in [0.29, 0.717) is 21.6 Å². The van der Waals surface area contributed by atoms with Crippen molar-refractivity contribution in [3.63, 3.8) is 0 Å². The number of fused-ring (bicyclic) bond motifs is 4. The number of hydrogen-bond donors (Lipinski definition) is 1. The summed E-state index contributed by atoms with van der Waals surface area (Å²) < 4.78 is 30.3. The van der Waals surface area contributed by atoms with Crippen molar-refractivity contribution in [2.45, 2.75) is 31.8 Å². The maximum atomic E-state index is 14.0. The van der Waals surface area contributed by atoms with Gasteiger partial charge in [-0.05, 0) is 71.1 Å². The number of nitrogens with one attached hydrogen (secondary N) is 1. The molecule has 3 amide bonds. The Kier molecular flexibility index (Phi) is 6.64. The summed E-state index contributed by atoms with van der Waals surface area (Å²) in [6.45, 7) is 0.654. The smallest absolute Gasteiger partial charge is 0.261 e. The van der Waals surface area contributed by atoms with Crippen LogP contribution in [0.5, 0.6) is 0 Å². The second kappa shape index (κ2) is 10.1. The third-order valence-corrected chi connectivity index (χ3v) is 8.71. The van der Waals surface area contributed by atoms with Gasteiger partial charge in [-0.1, -0.05) is 18.2 Å². The number of halogens is 3. The summed E-state index contributed by atoms with van der Waals surface area (Å²) >= 11 is 4.95. The molecular formula is C28H21BrF2N4O3S. The molecule has 0 radical (unpaired) electrons. The molecule has 2 aliphatic heterocycles. The fraction of sp³-hybridized carbons (Fsp3) is 0.214. The van der Waals surface area contributed by atoms with Crippen LogP contribution in [0.25, 0.3) is 11.3 Å². The van der Waals surface area contributed by atoms with Crippen molar-refractivity contribution >= 4 is 45.0 Å². The van der Waals surface area contributed by atoms with Gasteiger partial charge in [0.15, 0.2) is 11.6 Å². The first-order chi connectivity index (χ1) is 18.8. The minimum absolute atomic E-state index is 0.0831. The van der Waals surface area contributed by atoms with Crippen molar-refractivity contribution in [3.05, 3.63) is 97.3 Å². The van der Waals surface area contributed by atoms with Gasteiger partial charge >= 0.3 is 0 Å². The molecule has 2 aromatic carbocycles. The fourth-order valence-electron chi connectivity index (χ4n) is 5.11. The van der Waals surface area contributed by atoms with Crippen LogP contribution in [-0.2, 0) is 19.4 Å². The standard InChI is InChI=1S/C28H21BrF2N4O3S/c29-20-13-32-35-9-3-6-23-19(25(20)35)12-24(39-23)26(36)33-16(10-15-7-8-21(30)22(31)11-15)14-34-27(37)17-4-1-2-5-18(17)28(34)38/h1-2,4-5,7-8,11-13,16H,3,6,9-10,14H2,(H,33,36)/t16-/m0/s1. The molecule has 2 aromatic heterocycles. The lowest BCUT2D eigenvalue weighted by Gasteiger charge is -2.24. The zero-order valence-corrected chi connectivity index (χ0v) is 22.8. The highest BCUT2D eigenvalue weighted by atomic mass is 79.9. The Morgan fingerprint density at radius 1 is 1.05 bits per heavy atom. The minimum atomic E-state index is -1.01. The van der Waals surface area contributed by atoms with E-state index in [1.807, 2.05) is 10.7 Å². The zero-order valence-electron chi connectivity index (χ0n) is 20.4. The molecule has 0 saturated heterocycles. The van der Waals surface area contributed by atoms with E-state index in [4.69, 9.17) is 0 Å². The molecule has 11 heteroatoms. The van der Waals surface area contributed by atoms with Crippen LogP contribution in [0.4, 0.5) is 8.78 Å². The van der Waals surface area contributed by atoms with Gasteiger partial charge in [0, 0.05) is 23.5 Å². The first-order valence-corrected chi connectivity index (χ1v) is 14.0. The first-order valence-electron chi connectivity index (χ1n) is 12.3. The lowest BCUT2D eigenvalue weighted by molar-refractivity contribution is 0.0629. The highest BCUT2D eigenvalue weighted by Crippen LogP contribution is 2.38. The Labute approximate surface area is 234 Å². The van der Waals surface area contributed by atoms with E-state index in [2.05, 4.69) is 26.3 Å². The van der Waals surface area contributed by atoms with E-state index in [9.17, 15) is 23.2 Å². The van der Waals surface area contributed by atoms with E-state index in [1.165, 1.54) is 17.4 Å². The molecule has 4 aromatic rings. The van der Waals surface area contributed by atoms with Gasteiger partial charge in [0.25, 0.3) is 17.7 Å². The lowest BCUT2D eigenvalue weighted by atomic mass is 10.0. The van der Waals surface area contributed by atoms with Crippen LogP contribution < -0.4 is 5.32 Å². The van der Waals surface area contributed by atoms with Gasteiger partial charge in [-0.15, -0.1) is 11.3 Å². The number of thiophene rings is 1. The van der Waals surface area contributed by atoms with Crippen molar-refractivity contribution in [1.82, 2.24) is 20.0 Å². The molecule has 39 heavy (non-hydrogen) atoms. The number of aromatic nitrogens is 2. The van der Waals surface area contributed by atoms with Crippen LogP contribution >= 0.6 is 27.3 Å². The molecule has 0 unspecified atom stereocenters. The van der Waals surface area contributed by atoms with Gasteiger partial charge in [0.1, 0.15) is 0 Å². The van der Waals surface area contributed by atoms with Gasteiger partial charge in [0.2, 0.25) is 0 Å². The lowest BCUT2D eigenvalue weighted by Crippen LogP contribution is -2.46. The second-order valence-electron chi connectivity index (χ2n) is 9.50. The molecule has 1 N–H and O–H groups in total. The van der Waals surface area contributed by atoms with Crippen molar-refractivity contribution in [2.24, 2.45) is 0 Å². The molecule has 198 valence electrons. The predicted molar refractivity (Wildman–Crippen MR) is 145 cm³/mol. The summed E-state index contributed by atoms with van der Waals surface area (Å²) in [6, 6.07) is 11.1. The number of carbonyl (C=O) groups is 3. The topological polar surface area (TPSA) is 84.3 Å². The Bertz CT molecular complexity index is 1610. The third kappa shape index (κ3) is 4.70. The minimum Gasteiger partial charge on any atom is -0.346 e. The van der Waals surface area contributed by atoms with E-state index in [-0.39, 0.29) is 18.9 Å². The van der Waals surface area contributed by atoms with Gasteiger partial charge < -0.3 is 5.32 Å². The molecule has 1 atom stereocenters. The number of hydrogen-bond acceptors (Lipinski definition) is 5. The van der Waals surface area contributed by atoms with E-state index >= 15 is 0 Å². The number of nitrogens with zero attached hydrogens (tertiary/aromatic N) is 3. The molecule has 0 saturated carbocycles. The maximum Gasteiger partial charge on any atom is 0.261 e. The predicted octanol–water partition coefficient (Wildman–Crippen LogP) is 5.24. The molecule has 0 aliphatic carbocycles. The highest BCUT2D eigenvalue weighted by molar-refractivity contribution is 9.10. The number of carbonyl (C=O) groups excluding carboxylic acids is 3. The Balaban J connectivity index is 1.29. The Hall–Kier alpha value is -3.70. The molecule has 2 aliphatic rings. The maximum absolute atomic E-state index is 14.0. The summed E-state index contributed by atoms with van der Waals surface area (Å²) in [5.41, 5.74) is 2.87. The van der Waals surface area contributed by atoms with Gasteiger partial charge in [-0.3, -0.25) is 24.0 Å². The molecule has 0 spiro atoms. The average molecular weight is 611 g/mol. The van der Waals surface area contributed by atoms with Crippen LogP contribution in [0.3, 0.4) is 0 Å². The van der Waals surface area contributed by atoms with Crippen LogP contribution in [0.2, 0.25) is 0 Å². The quantitative estimate of drug-likeness (QED) is 0.303. The van der Waals surface area contributed by atoms with Crippen molar-refractivity contribution < 1.29 is 23.2 Å². The number of benzene rings is 2. The largest absolute Gasteiger partial charge is 0.346 e. The van der Waals surface area contributed by atoms with Crippen LogP contribution in [-0.4, -0.2) is 45.0 Å². The summed E-state index contributed by atoms with van der Waals surface area (Å²) in [7, 11) is 0. The van der Waals surface area contributed by atoms with Crippen LogP contribution in [0.1, 0.15) is 47.2 Å². The Morgan fingerprint density at radius 2 is 1.79 bits per heavy atom. The zero-order chi connectivity index (χ0) is 27.3. The van der Waals surface area contributed by atoms with E-state index in [1.54, 1.807) is 30.5 Å². The molecule has 0 fully saturated rings. The SMILES string of the molecule is O=C(N[C@@H](Cc1ccc(F)c(F)c1)CN1C(=O)c2ccccc2C1=O)c1cc2c(s1)CCCn1ncc(Br)c1-2. The van der Waals surface area contributed by atoms with Gasteiger partial charge in [-0.25, -0.2) is 8.78 Å². The van der Waals surface area contributed by atoms with E-state index < -0.39 is 29.5 Å². The van der Waals surface area contributed by atoms with Crippen LogP contribution in [0, 0.1) is 11.6 Å². The summed E-state index contributed by atoms with van der Waals surface area (Å²) in [5.74, 6) is -3.28. The number of aryl methyl sites for hydroxylation is 2. The van der Waals surface area contributed by atoms with Crippen molar-refractivity contribution in [3.8, 4) is 11.3 Å². The molecule has 7 nitrogen and oxygen atoms in total. The van der Waals surface area contributed by atoms with Crippen molar-refractivity contribution in [1.29, 1.82) is 0 Å². The number of amides is 3. The van der Waals surface area contributed by atoms with Gasteiger partial charge in [0.05, 0.1) is 38.4 Å². The summed E-state index contributed by atoms with van der Waals surface area (Å²) in [6.07, 6.45) is 3.51. The molecule has 4 heterocycles. The second-order valence-corrected chi connectivity index (χ2v) is 11.5. The van der Waals surface area contributed by atoms with Crippen LogP contribution in [0.15, 0.2) is 59.2 Å². The molecule has 0 bridgehead atoms. The van der Waals surface area contributed by atoms with E-state index in [0.717, 1.165) is 57.0 Å². The number of rotatable bonds is 6. The molecular weight excluding hydrogens is 590 g/mol. The first kappa shape index (κ1) is 25.6. The van der Waals surface area contributed by atoms with Crippen molar-refractivity contribution in [2.75, 3.05) is 6.54 Å². The van der Waals surface area contributed by atoms with Gasteiger partial charge in [-0.2, -0.15) is 5.10 Å². The summed E-state index contributed by atoms with van der Waals surface area (Å²) in [4.78, 5) is 42.2. The fourth-order valence-corrected chi connectivity index (χ4v) is 6.73. The average Bonchev–Trinajstić information content (AvgIpc) is 3.53. The summed E-state index contributed by atoms with van der Waals surface area (Å²) in [5, 5.41) is 7.36. The monoisotopic (exact) mass is 610 g/mol. The Morgan fingerprint density at radius 3 is 2.51 bits per heavy atom. The highest BCUT2D eigenvalue weighted by Gasteiger charge is 2.37. The number of imide groups is 1. The normalized spacial score (nSPS) is 15.0. The molecule has 6 rings (SSSR count).